The first-order valence-corrected chi connectivity index (χ1v) is 6.17. The number of hydrogen-bond acceptors (Lipinski definition) is 5. The van der Waals surface area contributed by atoms with Gasteiger partial charge in [0.2, 0.25) is 5.84 Å². The van der Waals surface area contributed by atoms with Crippen LogP contribution >= 0.6 is 0 Å². The van der Waals surface area contributed by atoms with Gasteiger partial charge in [-0.25, -0.2) is 22.5 Å². The first kappa shape index (κ1) is 11.6. The van der Waals surface area contributed by atoms with Crippen LogP contribution in [0.3, 0.4) is 0 Å². The second kappa shape index (κ2) is 3.85. The van der Waals surface area contributed by atoms with Crippen LogP contribution in [0.25, 0.3) is 0 Å². The fourth-order valence-electron chi connectivity index (χ4n) is 1.48. The number of carbonyl (C=O) groups is 1. The maximum Gasteiger partial charge on any atom is 0.374 e. The summed E-state index contributed by atoms with van der Waals surface area (Å²) in [4.78, 5) is 15.5. The van der Waals surface area contributed by atoms with Gasteiger partial charge in [-0.05, 0) is 12.1 Å². The normalized spacial score (nSPS) is 17.1. The van der Waals surface area contributed by atoms with E-state index in [1.807, 2.05) is 0 Å². The first-order valence-electron chi connectivity index (χ1n) is 4.73. The number of amidine groups is 1. The summed E-state index contributed by atoms with van der Waals surface area (Å²) in [7, 11) is -1.29. The molecule has 0 aliphatic carbocycles. The number of rotatable bonds is 1. The van der Waals surface area contributed by atoms with Crippen LogP contribution < -0.4 is 0 Å². The number of carbonyl (C=O) groups excluding carboxylic acids is 1. The summed E-state index contributed by atoms with van der Waals surface area (Å²) in [5, 5.41) is 0. The van der Waals surface area contributed by atoms with Gasteiger partial charge in [0.1, 0.15) is 4.90 Å². The Bertz CT molecular complexity index is 606. The number of para-hydroxylation sites is 1. The predicted molar refractivity (Wildman–Crippen MR) is 60.5 cm³/mol. The third kappa shape index (κ3) is 1.68. The number of esters is 1. The molecule has 1 aliphatic rings. The van der Waals surface area contributed by atoms with Crippen LogP contribution in [0, 0.1) is 0 Å². The van der Waals surface area contributed by atoms with Crippen molar-refractivity contribution in [2.24, 2.45) is 4.99 Å². The molecule has 1 aromatic rings. The molecule has 2 rings (SSSR count). The second-order valence-corrected chi connectivity index (χ2v) is 5.30. The highest BCUT2D eigenvalue weighted by Crippen LogP contribution is 2.31. The van der Waals surface area contributed by atoms with E-state index in [1.165, 1.54) is 26.3 Å². The monoisotopic (exact) mass is 254 g/mol. The van der Waals surface area contributed by atoms with Crippen molar-refractivity contribution in [1.29, 1.82) is 0 Å². The Kier molecular flexibility index (Phi) is 2.62. The van der Waals surface area contributed by atoms with Crippen molar-refractivity contribution in [3.8, 4) is 0 Å². The molecule has 90 valence electrons. The molecular weight excluding hydrogens is 244 g/mol. The molecule has 1 aromatic carbocycles. The third-order valence-electron chi connectivity index (χ3n) is 2.40. The SMILES string of the molecule is COC(=O)C1=Nc2ccccc2S(=O)(=O)N1C. The maximum absolute atomic E-state index is 12.1. The number of ether oxygens (including phenoxy) is 1. The fourth-order valence-corrected chi connectivity index (χ4v) is 2.75. The average molecular weight is 254 g/mol. The summed E-state index contributed by atoms with van der Waals surface area (Å²) in [6.07, 6.45) is 0. The van der Waals surface area contributed by atoms with E-state index >= 15 is 0 Å². The van der Waals surface area contributed by atoms with Crippen LogP contribution in [0.15, 0.2) is 34.2 Å². The van der Waals surface area contributed by atoms with Crippen LogP contribution in [0.1, 0.15) is 0 Å². The molecule has 0 amide bonds. The van der Waals surface area contributed by atoms with Crippen molar-refractivity contribution in [2.75, 3.05) is 14.2 Å². The average Bonchev–Trinajstić information content (AvgIpc) is 2.33. The number of methoxy groups -OCH3 is 1. The Morgan fingerprint density at radius 3 is 2.65 bits per heavy atom. The Morgan fingerprint density at radius 1 is 1.35 bits per heavy atom. The van der Waals surface area contributed by atoms with Gasteiger partial charge in [0.15, 0.2) is 0 Å². The van der Waals surface area contributed by atoms with Crippen LogP contribution in [0.2, 0.25) is 0 Å². The molecule has 0 unspecified atom stereocenters. The summed E-state index contributed by atoms with van der Waals surface area (Å²) in [6.45, 7) is 0. The van der Waals surface area contributed by atoms with Crippen LogP contribution in [-0.4, -0.2) is 38.7 Å². The van der Waals surface area contributed by atoms with Crippen LogP contribution in [0.5, 0.6) is 0 Å². The van der Waals surface area contributed by atoms with E-state index in [0.717, 1.165) is 4.31 Å². The summed E-state index contributed by atoms with van der Waals surface area (Å²) < 4.78 is 29.5. The summed E-state index contributed by atoms with van der Waals surface area (Å²) in [5.41, 5.74) is 0.242. The molecule has 0 spiro atoms. The van der Waals surface area contributed by atoms with Crippen molar-refractivity contribution >= 4 is 27.5 Å². The number of benzene rings is 1. The van der Waals surface area contributed by atoms with Gasteiger partial charge in [0.05, 0.1) is 12.8 Å². The zero-order chi connectivity index (χ0) is 12.6. The van der Waals surface area contributed by atoms with Crippen LogP contribution in [-0.2, 0) is 19.6 Å². The van der Waals surface area contributed by atoms with E-state index in [-0.39, 0.29) is 16.4 Å². The quantitative estimate of drug-likeness (QED) is 0.685. The van der Waals surface area contributed by atoms with Gasteiger partial charge in [-0.15, -0.1) is 0 Å². The first-order chi connectivity index (χ1) is 7.98. The Balaban J connectivity index is 2.69. The van der Waals surface area contributed by atoms with Gasteiger partial charge >= 0.3 is 5.97 Å². The second-order valence-electron chi connectivity index (χ2n) is 3.37. The molecule has 1 aliphatic heterocycles. The minimum absolute atomic E-state index is 0.0788. The van der Waals surface area contributed by atoms with Crippen molar-refractivity contribution in [3.63, 3.8) is 0 Å². The standard InChI is InChI=1S/C10H10N2O4S/c1-12-9(10(13)16-2)11-7-5-3-4-6-8(7)17(12,14)15/h3-6H,1-2H3. The molecule has 7 heteroatoms. The Morgan fingerprint density at radius 2 is 2.00 bits per heavy atom. The van der Waals surface area contributed by atoms with Crippen molar-refractivity contribution in [1.82, 2.24) is 4.31 Å². The minimum Gasteiger partial charge on any atom is -0.463 e. The lowest BCUT2D eigenvalue weighted by atomic mass is 10.3. The van der Waals surface area contributed by atoms with Crippen molar-refractivity contribution in [3.05, 3.63) is 24.3 Å². The highest BCUT2D eigenvalue weighted by molar-refractivity contribution is 7.90. The number of fused-ring (bicyclic) bond motifs is 1. The number of hydrogen-bond donors (Lipinski definition) is 0. The van der Waals surface area contributed by atoms with Gasteiger partial charge in [-0.3, -0.25) is 0 Å². The summed E-state index contributed by atoms with van der Waals surface area (Å²) >= 11 is 0. The molecular formula is C10H10N2O4S. The van der Waals surface area contributed by atoms with E-state index in [2.05, 4.69) is 9.73 Å². The molecule has 6 nitrogen and oxygen atoms in total. The fraction of sp³-hybridized carbons (Fsp3) is 0.200. The Hall–Kier alpha value is -1.89. The number of likely N-dealkylation sites (N-methyl/N-ethyl adjacent to an activating group) is 1. The number of aliphatic imine (C=N–C) groups is 1. The lowest BCUT2D eigenvalue weighted by Crippen LogP contribution is -2.40. The zero-order valence-corrected chi connectivity index (χ0v) is 10.1. The van der Waals surface area contributed by atoms with E-state index in [4.69, 9.17) is 0 Å². The van der Waals surface area contributed by atoms with E-state index in [9.17, 15) is 13.2 Å². The van der Waals surface area contributed by atoms with E-state index in [0.29, 0.717) is 0 Å². The lowest BCUT2D eigenvalue weighted by molar-refractivity contribution is -0.133. The van der Waals surface area contributed by atoms with E-state index < -0.39 is 16.0 Å². The highest BCUT2D eigenvalue weighted by Gasteiger charge is 2.34. The maximum atomic E-state index is 12.1. The molecule has 17 heavy (non-hydrogen) atoms. The number of nitrogens with zero attached hydrogens (tertiary/aromatic N) is 2. The van der Waals surface area contributed by atoms with Gasteiger partial charge in [-0.1, -0.05) is 12.1 Å². The smallest absolute Gasteiger partial charge is 0.374 e. The van der Waals surface area contributed by atoms with Crippen molar-refractivity contribution < 1.29 is 17.9 Å². The topological polar surface area (TPSA) is 76.0 Å². The summed E-state index contributed by atoms with van der Waals surface area (Å²) in [6, 6.07) is 6.22. The largest absolute Gasteiger partial charge is 0.463 e. The summed E-state index contributed by atoms with van der Waals surface area (Å²) in [5.74, 6) is -1.03. The predicted octanol–water partition coefficient (Wildman–Crippen LogP) is 0.524. The highest BCUT2D eigenvalue weighted by atomic mass is 32.2. The third-order valence-corrected chi connectivity index (χ3v) is 4.19. The van der Waals surface area contributed by atoms with E-state index in [1.54, 1.807) is 12.1 Å². The molecule has 0 aromatic heterocycles. The van der Waals surface area contributed by atoms with Crippen LogP contribution in [0.4, 0.5) is 5.69 Å². The minimum atomic E-state index is -3.72. The molecule has 0 fully saturated rings. The zero-order valence-electron chi connectivity index (χ0n) is 9.25. The molecule has 0 saturated carbocycles. The molecule has 0 saturated heterocycles. The molecule has 0 N–H and O–H groups in total. The van der Waals surface area contributed by atoms with Crippen molar-refractivity contribution in [2.45, 2.75) is 4.90 Å². The van der Waals surface area contributed by atoms with Gasteiger partial charge in [0.25, 0.3) is 10.0 Å². The van der Waals surface area contributed by atoms with Gasteiger partial charge < -0.3 is 4.74 Å². The molecule has 1 heterocycles. The van der Waals surface area contributed by atoms with Gasteiger partial charge in [-0.2, -0.15) is 0 Å². The Labute approximate surface area is 98.6 Å². The lowest BCUT2D eigenvalue weighted by Gasteiger charge is -2.24. The van der Waals surface area contributed by atoms with Gasteiger partial charge in [0, 0.05) is 7.05 Å². The number of sulfonamides is 1. The molecule has 0 atom stereocenters. The molecule has 0 radical (unpaired) electrons. The molecule has 0 bridgehead atoms.